The van der Waals surface area contributed by atoms with Crippen LogP contribution in [0.2, 0.25) is 0 Å². The molecule has 0 fully saturated rings. The van der Waals surface area contributed by atoms with E-state index in [0.717, 1.165) is 5.69 Å². The number of nitrogens with one attached hydrogen (secondary N) is 2. The van der Waals surface area contributed by atoms with Crippen LogP contribution in [0.5, 0.6) is 0 Å². The summed E-state index contributed by atoms with van der Waals surface area (Å²) in [7, 11) is 0. The maximum Gasteiger partial charge on any atom is 0.348 e. The highest BCUT2D eigenvalue weighted by molar-refractivity contribution is 7.20. The molecule has 7 heteroatoms. The van der Waals surface area contributed by atoms with E-state index < -0.39 is 5.97 Å². The maximum atomic E-state index is 12.5. The number of aromatic nitrogens is 2. The van der Waals surface area contributed by atoms with Gasteiger partial charge < -0.3 is 15.0 Å². The molecule has 2 N–H and O–H groups in total. The Morgan fingerprint density at radius 1 is 1.31 bits per heavy atom. The number of aromatic amines is 1. The molecule has 3 rings (SSSR count). The molecule has 0 saturated carbocycles. The standard InChI is InChI=1S/C19H21N3O3S/c1-5-25-19(24)15-11(3)14-17(23)21-16(22-18(14)26-15)12(4)20-13-8-6-10(2)7-9-13/h6-9,12,20H,5H2,1-4H3,(H,21,22,23)/t12-/m1/s1. The summed E-state index contributed by atoms with van der Waals surface area (Å²) in [5.41, 5.74) is 2.49. The van der Waals surface area contributed by atoms with Crippen molar-refractivity contribution in [3.63, 3.8) is 0 Å². The van der Waals surface area contributed by atoms with E-state index in [1.165, 1.54) is 16.9 Å². The monoisotopic (exact) mass is 371 g/mol. The van der Waals surface area contributed by atoms with Gasteiger partial charge in [0, 0.05) is 5.69 Å². The highest BCUT2D eigenvalue weighted by Gasteiger charge is 2.21. The third kappa shape index (κ3) is 3.48. The lowest BCUT2D eigenvalue weighted by Gasteiger charge is -2.14. The van der Waals surface area contributed by atoms with E-state index in [1.807, 2.05) is 38.1 Å². The summed E-state index contributed by atoms with van der Waals surface area (Å²) in [6.07, 6.45) is 0. The Bertz CT molecular complexity index is 1010. The van der Waals surface area contributed by atoms with Crippen LogP contribution < -0.4 is 10.9 Å². The number of thiophene rings is 1. The molecule has 2 heterocycles. The average Bonchev–Trinajstić information content (AvgIpc) is 2.94. The topological polar surface area (TPSA) is 84.1 Å². The first-order valence-corrected chi connectivity index (χ1v) is 9.26. The van der Waals surface area contributed by atoms with Gasteiger partial charge in [-0.25, -0.2) is 9.78 Å². The van der Waals surface area contributed by atoms with Gasteiger partial charge in [-0.15, -0.1) is 11.3 Å². The number of fused-ring (bicyclic) bond motifs is 1. The maximum absolute atomic E-state index is 12.5. The van der Waals surface area contributed by atoms with Gasteiger partial charge in [-0.05, 0) is 45.4 Å². The number of esters is 1. The van der Waals surface area contributed by atoms with E-state index in [0.29, 0.717) is 33.1 Å². The predicted molar refractivity (Wildman–Crippen MR) is 104 cm³/mol. The molecule has 0 spiro atoms. The fourth-order valence-electron chi connectivity index (χ4n) is 2.73. The second-order valence-electron chi connectivity index (χ2n) is 6.14. The van der Waals surface area contributed by atoms with Crippen molar-refractivity contribution in [3.05, 3.63) is 56.4 Å². The molecule has 0 amide bonds. The van der Waals surface area contributed by atoms with E-state index in [9.17, 15) is 9.59 Å². The van der Waals surface area contributed by atoms with Gasteiger partial charge in [0.1, 0.15) is 15.5 Å². The molecule has 0 aliphatic rings. The summed E-state index contributed by atoms with van der Waals surface area (Å²) in [5.74, 6) is 0.111. The van der Waals surface area contributed by atoms with Gasteiger partial charge in [-0.1, -0.05) is 17.7 Å². The summed E-state index contributed by atoms with van der Waals surface area (Å²) in [6.45, 7) is 7.74. The van der Waals surface area contributed by atoms with Gasteiger partial charge in [0.05, 0.1) is 18.0 Å². The van der Waals surface area contributed by atoms with Crippen molar-refractivity contribution < 1.29 is 9.53 Å². The van der Waals surface area contributed by atoms with E-state index in [1.54, 1.807) is 13.8 Å². The first-order valence-electron chi connectivity index (χ1n) is 8.44. The highest BCUT2D eigenvalue weighted by Crippen LogP contribution is 2.28. The summed E-state index contributed by atoms with van der Waals surface area (Å²) in [4.78, 5) is 33.0. The molecular weight excluding hydrogens is 350 g/mol. The van der Waals surface area contributed by atoms with Crippen LogP contribution >= 0.6 is 11.3 Å². The number of hydrogen-bond donors (Lipinski definition) is 2. The van der Waals surface area contributed by atoms with E-state index in [2.05, 4.69) is 15.3 Å². The van der Waals surface area contributed by atoms with Crippen LogP contribution in [0.25, 0.3) is 10.2 Å². The first-order chi connectivity index (χ1) is 12.4. The van der Waals surface area contributed by atoms with Crippen molar-refractivity contribution in [3.8, 4) is 0 Å². The number of carbonyl (C=O) groups excluding carboxylic acids is 1. The Morgan fingerprint density at radius 2 is 2.00 bits per heavy atom. The molecule has 3 aromatic rings. The minimum atomic E-state index is -0.417. The number of hydrogen-bond acceptors (Lipinski definition) is 6. The van der Waals surface area contributed by atoms with Gasteiger partial charge in [0.2, 0.25) is 0 Å². The molecule has 0 unspecified atom stereocenters. The lowest BCUT2D eigenvalue weighted by Crippen LogP contribution is -2.17. The van der Waals surface area contributed by atoms with Crippen molar-refractivity contribution in [2.24, 2.45) is 0 Å². The number of anilines is 1. The zero-order chi connectivity index (χ0) is 18.8. The quantitative estimate of drug-likeness (QED) is 0.664. The lowest BCUT2D eigenvalue weighted by atomic mass is 10.2. The third-order valence-electron chi connectivity index (χ3n) is 4.12. The van der Waals surface area contributed by atoms with Crippen molar-refractivity contribution in [1.29, 1.82) is 0 Å². The van der Waals surface area contributed by atoms with Crippen molar-refractivity contribution >= 4 is 33.2 Å². The number of carbonyl (C=O) groups is 1. The minimum Gasteiger partial charge on any atom is -0.462 e. The average molecular weight is 371 g/mol. The number of rotatable bonds is 5. The Balaban J connectivity index is 1.96. The zero-order valence-corrected chi connectivity index (χ0v) is 16.0. The normalized spacial score (nSPS) is 12.2. The predicted octanol–water partition coefficient (Wildman–Crippen LogP) is 3.95. The van der Waals surface area contributed by atoms with E-state index in [4.69, 9.17) is 4.74 Å². The summed E-state index contributed by atoms with van der Waals surface area (Å²) >= 11 is 1.19. The molecule has 0 bridgehead atoms. The number of ether oxygens (including phenoxy) is 1. The second kappa shape index (κ2) is 7.29. The van der Waals surface area contributed by atoms with Crippen LogP contribution in [0.1, 0.15) is 46.5 Å². The van der Waals surface area contributed by atoms with Crippen molar-refractivity contribution in [2.75, 3.05) is 11.9 Å². The summed E-state index contributed by atoms with van der Waals surface area (Å²) < 4.78 is 5.06. The number of H-pyrrole nitrogens is 1. The smallest absolute Gasteiger partial charge is 0.348 e. The van der Waals surface area contributed by atoms with Gasteiger partial charge in [-0.3, -0.25) is 4.79 Å². The minimum absolute atomic E-state index is 0.191. The first kappa shape index (κ1) is 18.1. The molecule has 2 aromatic heterocycles. The van der Waals surface area contributed by atoms with Crippen LogP contribution in [-0.2, 0) is 4.74 Å². The lowest BCUT2D eigenvalue weighted by molar-refractivity contribution is 0.0531. The van der Waals surface area contributed by atoms with Gasteiger partial charge in [0.25, 0.3) is 5.56 Å². The number of nitrogens with zero attached hydrogens (tertiary/aromatic N) is 1. The molecule has 136 valence electrons. The molecule has 26 heavy (non-hydrogen) atoms. The van der Waals surface area contributed by atoms with Crippen LogP contribution in [0.3, 0.4) is 0 Å². The van der Waals surface area contributed by atoms with Crippen molar-refractivity contribution in [2.45, 2.75) is 33.7 Å². The third-order valence-corrected chi connectivity index (χ3v) is 5.29. The second-order valence-corrected chi connectivity index (χ2v) is 7.14. The van der Waals surface area contributed by atoms with E-state index in [-0.39, 0.29) is 11.6 Å². The molecule has 0 radical (unpaired) electrons. The molecule has 1 aromatic carbocycles. The summed E-state index contributed by atoms with van der Waals surface area (Å²) in [5, 5.41) is 3.77. The van der Waals surface area contributed by atoms with Gasteiger partial charge in [0.15, 0.2) is 0 Å². The Hall–Kier alpha value is -2.67. The van der Waals surface area contributed by atoms with Gasteiger partial charge in [-0.2, -0.15) is 0 Å². The molecule has 0 saturated heterocycles. The summed E-state index contributed by atoms with van der Waals surface area (Å²) in [6, 6.07) is 7.81. The Morgan fingerprint density at radius 3 is 2.65 bits per heavy atom. The SMILES string of the molecule is CCOC(=O)c1sc2nc([C@@H](C)Nc3ccc(C)cc3)[nH]c(=O)c2c1C. The largest absolute Gasteiger partial charge is 0.462 e. The van der Waals surface area contributed by atoms with Crippen LogP contribution in [0, 0.1) is 13.8 Å². The van der Waals surface area contributed by atoms with E-state index >= 15 is 0 Å². The number of aryl methyl sites for hydroxylation is 2. The van der Waals surface area contributed by atoms with Crippen LogP contribution in [0.4, 0.5) is 5.69 Å². The van der Waals surface area contributed by atoms with Gasteiger partial charge >= 0.3 is 5.97 Å². The number of benzene rings is 1. The molecule has 6 nitrogen and oxygen atoms in total. The fraction of sp³-hybridized carbons (Fsp3) is 0.316. The van der Waals surface area contributed by atoms with Crippen LogP contribution in [0.15, 0.2) is 29.1 Å². The molecule has 0 aliphatic heterocycles. The fourth-order valence-corrected chi connectivity index (χ4v) is 3.81. The molecule has 0 aliphatic carbocycles. The Labute approximate surface area is 155 Å². The molecule has 1 atom stereocenters. The molecular formula is C19H21N3O3S. The van der Waals surface area contributed by atoms with Crippen molar-refractivity contribution in [1.82, 2.24) is 9.97 Å². The van der Waals surface area contributed by atoms with Crippen LogP contribution in [-0.4, -0.2) is 22.5 Å². The zero-order valence-electron chi connectivity index (χ0n) is 15.2. The Kier molecular flexibility index (Phi) is 5.08. The highest BCUT2D eigenvalue weighted by atomic mass is 32.1.